The maximum Gasteiger partial charge on any atom is 0.329 e. The summed E-state index contributed by atoms with van der Waals surface area (Å²) in [6.45, 7) is 0.0660. The van der Waals surface area contributed by atoms with Gasteiger partial charge >= 0.3 is 5.97 Å². The molecule has 0 N–H and O–H groups in total. The van der Waals surface area contributed by atoms with Crippen LogP contribution in [0.3, 0.4) is 0 Å². The fraction of sp³-hybridized carbons (Fsp3) is 0.211. The number of likely N-dealkylation sites (tertiary alicyclic amines) is 1. The normalized spacial score (nSPS) is 16.9. The summed E-state index contributed by atoms with van der Waals surface area (Å²) in [6.07, 6.45) is 0.00615. The fourth-order valence-electron chi connectivity index (χ4n) is 2.69. The van der Waals surface area contributed by atoms with E-state index in [1.807, 2.05) is 30.3 Å². The molecule has 2 aromatic carbocycles. The molecule has 0 bridgehead atoms. The van der Waals surface area contributed by atoms with E-state index in [4.69, 9.17) is 4.74 Å². The maximum absolute atomic E-state index is 12.5. The van der Waals surface area contributed by atoms with Gasteiger partial charge in [-0.05, 0) is 17.7 Å². The number of amides is 1. The second-order valence-corrected chi connectivity index (χ2v) is 5.65. The van der Waals surface area contributed by atoms with E-state index < -0.39 is 12.0 Å². The SMILES string of the molecule is O=C1C[C@@H](C(=O)OCc2ccccc2)N(C(=O)c2ccccc2)C1. The Morgan fingerprint density at radius 2 is 1.62 bits per heavy atom. The highest BCUT2D eigenvalue weighted by Crippen LogP contribution is 2.20. The van der Waals surface area contributed by atoms with E-state index in [0.29, 0.717) is 5.56 Å². The lowest BCUT2D eigenvalue weighted by Gasteiger charge is -2.22. The molecule has 1 heterocycles. The van der Waals surface area contributed by atoms with Crippen LogP contribution < -0.4 is 0 Å². The summed E-state index contributed by atoms with van der Waals surface area (Å²) >= 11 is 0. The van der Waals surface area contributed by atoms with Gasteiger partial charge in [0.2, 0.25) is 0 Å². The van der Waals surface area contributed by atoms with Gasteiger partial charge in [0.15, 0.2) is 5.78 Å². The van der Waals surface area contributed by atoms with Crippen molar-refractivity contribution in [3.8, 4) is 0 Å². The van der Waals surface area contributed by atoms with Gasteiger partial charge in [0.25, 0.3) is 5.91 Å². The van der Waals surface area contributed by atoms with Gasteiger partial charge in [-0.3, -0.25) is 9.59 Å². The molecule has 0 aliphatic carbocycles. The minimum atomic E-state index is -0.853. The smallest absolute Gasteiger partial charge is 0.329 e. The predicted octanol–water partition coefficient (Wildman–Crippen LogP) is 2.21. The van der Waals surface area contributed by atoms with Crippen molar-refractivity contribution < 1.29 is 19.1 Å². The maximum atomic E-state index is 12.5. The van der Waals surface area contributed by atoms with Crippen LogP contribution in [0, 0.1) is 0 Å². The molecular formula is C19H17NO4. The van der Waals surface area contributed by atoms with Crippen molar-refractivity contribution in [2.24, 2.45) is 0 Å². The van der Waals surface area contributed by atoms with Gasteiger partial charge in [-0.2, -0.15) is 0 Å². The molecule has 1 amide bonds. The number of carbonyl (C=O) groups is 3. The molecule has 0 spiro atoms. The van der Waals surface area contributed by atoms with E-state index in [9.17, 15) is 14.4 Å². The van der Waals surface area contributed by atoms with Crippen molar-refractivity contribution in [1.82, 2.24) is 4.90 Å². The van der Waals surface area contributed by atoms with Gasteiger partial charge < -0.3 is 9.64 Å². The van der Waals surface area contributed by atoms with Crippen LogP contribution >= 0.6 is 0 Å². The average molecular weight is 323 g/mol. The van der Waals surface area contributed by atoms with Crippen molar-refractivity contribution in [3.05, 3.63) is 71.8 Å². The minimum Gasteiger partial charge on any atom is -0.459 e. The van der Waals surface area contributed by atoms with Crippen molar-refractivity contribution >= 4 is 17.7 Å². The van der Waals surface area contributed by atoms with Crippen LogP contribution in [0.25, 0.3) is 0 Å². The summed E-state index contributed by atoms with van der Waals surface area (Å²) in [6, 6.07) is 17.0. The summed E-state index contributed by atoms with van der Waals surface area (Å²) in [4.78, 5) is 38.0. The van der Waals surface area contributed by atoms with E-state index in [1.165, 1.54) is 4.90 Å². The Morgan fingerprint density at radius 3 is 2.29 bits per heavy atom. The third kappa shape index (κ3) is 3.51. The van der Waals surface area contributed by atoms with Crippen LogP contribution in [-0.4, -0.2) is 35.1 Å². The van der Waals surface area contributed by atoms with E-state index >= 15 is 0 Å². The second kappa shape index (κ2) is 7.08. The molecule has 0 radical (unpaired) electrons. The molecule has 122 valence electrons. The summed E-state index contributed by atoms with van der Waals surface area (Å²) in [5.74, 6) is -1.02. The third-order valence-corrected chi connectivity index (χ3v) is 3.92. The molecule has 1 aliphatic heterocycles. The highest BCUT2D eigenvalue weighted by Gasteiger charge is 2.40. The lowest BCUT2D eigenvalue weighted by molar-refractivity contribution is -0.149. The molecule has 1 fully saturated rings. The molecular weight excluding hydrogens is 306 g/mol. The van der Waals surface area contributed by atoms with Crippen LogP contribution in [0.2, 0.25) is 0 Å². The number of hydrogen-bond donors (Lipinski definition) is 0. The number of rotatable bonds is 4. The van der Waals surface area contributed by atoms with Crippen LogP contribution in [0.15, 0.2) is 60.7 Å². The number of ketones is 1. The number of Topliss-reactive ketones (excluding diaryl/α,β-unsaturated/α-hetero) is 1. The first kappa shape index (κ1) is 15.9. The zero-order valence-electron chi connectivity index (χ0n) is 13.1. The number of nitrogens with zero attached hydrogens (tertiary/aromatic N) is 1. The molecule has 1 saturated heterocycles. The number of hydrogen-bond acceptors (Lipinski definition) is 4. The number of benzene rings is 2. The first-order chi connectivity index (χ1) is 11.6. The van der Waals surface area contributed by atoms with Gasteiger partial charge in [0, 0.05) is 12.0 Å². The monoisotopic (exact) mass is 323 g/mol. The number of carbonyl (C=O) groups excluding carboxylic acids is 3. The van der Waals surface area contributed by atoms with Crippen LogP contribution in [0.4, 0.5) is 0 Å². The predicted molar refractivity (Wildman–Crippen MR) is 87.1 cm³/mol. The Bertz CT molecular complexity index is 742. The Kier molecular flexibility index (Phi) is 4.70. The largest absolute Gasteiger partial charge is 0.459 e. The van der Waals surface area contributed by atoms with Crippen LogP contribution in [0.1, 0.15) is 22.3 Å². The molecule has 2 aromatic rings. The Morgan fingerprint density at radius 1 is 1.00 bits per heavy atom. The molecule has 0 aromatic heterocycles. The molecule has 0 saturated carbocycles. The lowest BCUT2D eigenvalue weighted by Crippen LogP contribution is -2.41. The van der Waals surface area contributed by atoms with Crippen molar-refractivity contribution in [3.63, 3.8) is 0 Å². The zero-order chi connectivity index (χ0) is 16.9. The first-order valence-corrected chi connectivity index (χ1v) is 7.73. The second-order valence-electron chi connectivity index (χ2n) is 5.65. The average Bonchev–Trinajstić information content (AvgIpc) is 3.02. The molecule has 24 heavy (non-hydrogen) atoms. The molecule has 1 atom stereocenters. The van der Waals surface area contributed by atoms with E-state index in [2.05, 4.69) is 0 Å². The standard InChI is InChI=1S/C19H17NO4/c21-16-11-17(19(23)24-13-14-7-3-1-4-8-14)20(12-16)18(22)15-9-5-2-6-10-15/h1-10,17H,11-13H2/t17-/m0/s1. The first-order valence-electron chi connectivity index (χ1n) is 7.73. The lowest BCUT2D eigenvalue weighted by atomic mass is 10.1. The minimum absolute atomic E-state index is 0.00615. The van der Waals surface area contributed by atoms with Gasteiger partial charge in [-0.1, -0.05) is 48.5 Å². The fourth-order valence-corrected chi connectivity index (χ4v) is 2.69. The zero-order valence-corrected chi connectivity index (χ0v) is 13.1. The summed E-state index contributed by atoms with van der Waals surface area (Å²) < 4.78 is 5.29. The van der Waals surface area contributed by atoms with Crippen molar-refractivity contribution in [1.29, 1.82) is 0 Å². The summed E-state index contributed by atoms with van der Waals surface area (Å²) in [7, 11) is 0. The van der Waals surface area contributed by atoms with Crippen LogP contribution in [-0.2, 0) is 20.9 Å². The van der Waals surface area contributed by atoms with Gasteiger partial charge in [-0.25, -0.2) is 4.79 Å². The Balaban J connectivity index is 1.69. The van der Waals surface area contributed by atoms with Crippen molar-refractivity contribution in [2.45, 2.75) is 19.1 Å². The highest BCUT2D eigenvalue weighted by molar-refractivity contribution is 6.03. The summed E-state index contributed by atoms with van der Waals surface area (Å²) in [5, 5.41) is 0. The molecule has 3 rings (SSSR count). The highest BCUT2D eigenvalue weighted by atomic mass is 16.5. The Labute approximate surface area is 139 Å². The van der Waals surface area contributed by atoms with E-state index in [1.54, 1.807) is 30.3 Å². The number of ether oxygens (including phenoxy) is 1. The van der Waals surface area contributed by atoms with E-state index in [-0.39, 0.29) is 31.3 Å². The quantitative estimate of drug-likeness (QED) is 0.809. The number of esters is 1. The molecule has 5 nitrogen and oxygen atoms in total. The van der Waals surface area contributed by atoms with Crippen molar-refractivity contribution in [2.75, 3.05) is 6.54 Å². The summed E-state index contributed by atoms with van der Waals surface area (Å²) in [5.41, 5.74) is 1.31. The Hall–Kier alpha value is -2.95. The van der Waals surface area contributed by atoms with Crippen LogP contribution in [0.5, 0.6) is 0 Å². The molecule has 1 aliphatic rings. The third-order valence-electron chi connectivity index (χ3n) is 3.92. The van der Waals surface area contributed by atoms with Gasteiger partial charge in [0.1, 0.15) is 12.6 Å². The molecule has 0 unspecified atom stereocenters. The topological polar surface area (TPSA) is 63.7 Å². The van der Waals surface area contributed by atoms with E-state index in [0.717, 1.165) is 5.56 Å². The van der Waals surface area contributed by atoms with Gasteiger partial charge in [0.05, 0.1) is 6.54 Å². The van der Waals surface area contributed by atoms with Gasteiger partial charge in [-0.15, -0.1) is 0 Å². The molecule has 5 heteroatoms.